The van der Waals surface area contributed by atoms with E-state index in [1.807, 2.05) is 0 Å². The smallest absolute Gasteiger partial charge is 0.271 e. The summed E-state index contributed by atoms with van der Waals surface area (Å²) < 4.78 is 0. The Bertz CT molecular complexity index is 407. The van der Waals surface area contributed by atoms with E-state index in [0.717, 1.165) is 19.6 Å². The van der Waals surface area contributed by atoms with Gasteiger partial charge in [0.2, 0.25) is 0 Å². The summed E-state index contributed by atoms with van der Waals surface area (Å²) in [4.78, 5) is 18.0. The van der Waals surface area contributed by atoms with Crippen molar-refractivity contribution in [2.24, 2.45) is 0 Å². The molecule has 1 aromatic heterocycles. The molecule has 6 heteroatoms. The molecule has 0 atom stereocenters. The Kier molecular flexibility index (Phi) is 5.88. The van der Waals surface area contributed by atoms with Crippen LogP contribution in [0.2, 0.25) is 5.02 Å². The third kappa shape index (κ3) is 4.16. The van der Waals surface area contributed by atoms with Crippen molar-refractivity contribution in [3.05, 3.63) is 22.8 Å². The molecular weight excluding hydrogens is 252 g/mol. The second-order valence-electron chi connectivity index (χ2n) is 3.85. The van der Waals surface area contributed by atoms with Crippen LogP contribution in [0.25, 0.3) is 0 Å². The lowest BCUT2D eigenvalue weighted by atomic mass is 10.3. The van der Waals surface area contributed by atoms with Crippen LogP contribution in [0.3, 0.4) is 0 Å². The monoisotopic (exact) mass is 270 g/mol. The molecule has 3 N–H and O–H groups in total. The minimum absolute atomic E-state index is 0.177. The van der Waals surface area contributed by atoms with Crippen LogP contribution < -0.4 is 11.1 Å². The lowest BCUT2D eigenvalue weighted by molar-refractivity contribution is 0.0944. The maximum atomic E-state index is 11.8. The number of aromatic nitrogens is 1. The number of nitrogens with one attached hydrogen (secondary N) is 1. The fourth-order valence-electron chi connectivity index (χ4n) is 1.57. The highest BCUT2D eigenvalue weighted by atomic mass is 35.5. The van der Waals surface area contributed by atoms with E-state index in [1.165, 1.54) is 0 Å². The van der Waals surface area contributed by atoms with Crippen molar-refractivity contribution >= 4 is 23.3 Å². The Morgan fingerprint density at radius 1 is 1.44 bits per heavy atom. The Morgan fingerprint density at radius 3 is 2.72 bits per heavy atom. The molecule has 1 rings (SSSR count). The zero-order valence-electron chi connectivity index (χ0n) is 10.7. The fourth-order valence-corrected chi connectivity index (χ4v) is 1.76. The van der Waals surface area contributed by atoms with Crippen molar-refractivity contribution < 1.29 is 4.79 Å². The quantitative estimate of drug-likeness (QED) is 0.819. The number of carbonyl (C=O) groups is 1. The number of nitrogen functional groups attached to an aromatic ring is 1. The largest absolute Gasteiger partial charge is 0.384 e. The van der Waals surface area contributed by atoms with Crippen molar-refractivity contribution in [2.45, 2.75) is 13.8 Å². The van der Waals surface area contributed by atoms with E-state index < -0.39 is 0 Å². The number of anilines is 1. The molecule has 5 nitrogen and oxygen atoms in total. The molecule has 0 saturated carbocycles. The predicted molar refractivity (Wildman–Crippen MR) is 73.8 cm³/mol. The standard InChI is InChI=1S/C12H19ClN4O/c1-3-17(4-2)8-7-15-12(18)11-9(13)5-6-10(14)16-11/h5-6H,3-4,7-8H2,1-2H3,(H2,14,16)(H,15,18). The van der Waals surface area contributed by atoms with Gasteiger partial charge in [0.15, 0.2) is 0 Å². The summed E-state index contributed by atoms with van der Waals surface area (Å²) in [5.74, 6) is -0.00671. The van der Waals surface area contributed by atoms with Gasteiger partial charge in [-0.15, -0.1) is 0 Å². The van der Waals surface area contributed by atoms with Crippen LogP contribution in [0.5, 0.6) is 0 Å². The summed E-state index contributed by atoms with van der Waals surface area (Å²) in [6.07, 6.45) is 0. The molecule has 0 bridgehead atoms. The van der Waals surface area contributed by atoms with Gasteiger partial charge in [0, 0.05) is 13.1 Å². The minimum atomic E-state index is -0.292. The molecule has 1 amide bonds. The van der Waals surface area contributed by atoms with E-state index in [9.17, 15) is 4.79 Å². The number of halogens is 1. The molecule has 0 saturated heterocycles. The number of nitrogens with two attached hydrogens (primary N) is 1. The number of nitrogens with zero attached hydrogens (tertiary/aromatic N) is 2. The number of likely N-dealkylation sites (N-methyl/N-ethyl adjacent to an activating group) is 1. The summed E-state index contributed by atoms with van der Waals surface area (Å²) in [7, 11) is 0. The van der Waals surface area contributed by atoms with Crippen molar-refractivity contribution in [1.29, 1.82) is 0 Å². The van der Waals surface area contributed by atoms with Gasteiger partial charge in [-0.3, -0.25) is 4.79 Å². The summed E-state index contributed by atoms with van der Waals surface area (Å²) in [6, 6.07) is 3.14. The summed E-state index contributed by atoms with van der Waals surface area (Å²) in [5, 5.41) is 3.09. The van der Waals surface area contributed by atoms with E-state index >= 15 is 0 Å². The second-order valence-corrected chi connectivity index (χ2v) is 4.26. The fraction of sp³-hybridized carbons (Fsp3) is 0.500. The lowest BCUT2D eigenvalue weighted by Gasteiger charge is -2.17. The first-order valence-electron chi connectivity index (χ1n) is 6.01. The van der Waals surface area contributed by atoms with E-state index in [4.69, 9.17) is 17.3 Å². The van der Waals surface area contributed by atoms with Crippen molar-refractivity contribution in [3.8, 4) is 0 Å². The molecule has 0 fully saturated rings. The number of hydrogen-bond donors (Lipinski definition) is 2. The van der Waals surface area contributed by atoms with Crippen LogP contribution >= 0.6 is 11.6 Å². The van der Waals surface area contributed by atoms with Gasteiger partial charge < -0.3 is 16.0 Å². The highest BCUT2D eigenvalue weighted by Gasteiger charge is 2.12. The molecule has 1 aromatic rings. The van der Waals surface area contributed by atoms with Crippen LogP contribution in [0.4, 0.5) is 5.82 Å². The normalized spacial score (nSPS) is 10.7. The molecule has 100 valence electrons. The number of pyridine rings is 1. The predicted octanol–water partition coefficient (Wildman–Crippen LogP) is 1.39. The summed E-state index contributed by atoms with van der Waals surface area (Å²) in [5.41, 5.74) is 5.70. The Balaban J connectivity index is 2.53. The third-order valence-corrected chi connectivity index (χ3v) is 3.00. The van der Waals surface area contributed by atoms with E-state index in [1.54, 1.807) is 12.1 Å². The van der Waals surface area contributed by atoms with Gasteiger partial charge in [-0.1, -0.05) is 25.4 Å². The molecule has 0 aliphatic heterocycles. The average Bonchev–Trinajstić information content (AvgIpc) is 2.37. The molecule has 0 unspecified atom stereocenters. The molecule has 0 aliphatic rings. The SMILES string of the molecule is CCN(CC)CCNC(=O)c1nc(N)ccc1Cl. The molecule has 0 radical (unpaired) electrons. The minimum Gasteiger partial charge on any atom is -0.384 e. The van der Waals surface area contributed by atoms with Gasteiger partial charge in [-0.25, -0.2) is 4.98 Å². The van der Waals surface area contributed by atoms with Gasteiger partial charge in [0.25, 0.3) is 5.91 Å². The van der Waals surface area contributed by atoms with Gasteiger partial charge in [-0.2, -0.15) is 0 Å². The van der Waals surface area contributed by atoms with E-state index in [2.05, 4.69) is 29.0 Å². The lowest BCUT2D eigenvalue weighted by Crippen LogP contribution is -2.35. The van der Waals surface area contributed by atoms with Crippen LogP contribution in [-0.2, 0) is 0 Å². The third-order valence-electron chi connectivity index (χ3n) is 2.69. The maximum Gasteiger partial charge on any atom is 0.271 e. The molecule has 0 aliphatic carbocycles. The molecular formula is C12H19ClN4O. The second kappa shape index (κ2) is 7.18. The number of carbonyl (C=O) groups excluding carboxylic acids is 1. The Labute approximate surface area is 112 Å². The highest BCUT2D eigenvalue weighted by molar-refractivity contribution is 6.33. The topological polar surface area (TPSA) is 71.2 Å². The summed E-state index contributed by atoms with van der Waals surface area (Å²) >= 11 is 5.90. The number of hydrogen-bond acceptors (Lipinski definition) is 4. The van der Waals surface area contributed by atoms with Crippen molar-refractivity contribution in [1.82, 2.24) is 15.2 Å². The number of rotatable bonds is 6. The first kappa shape index (κ1) is 14.7. The van der Waals surface area contributed by atoms with Crippen LogP contribution in [-0.4, -0.2) is 42.0 Å². The summed E-state index contributed by atoms with van der Waals surface area (Å²) in [6.45, 7) is 7.46. The van der Waals surface area contributed by atoms with Crippen LogP contribution in [0.1, 0.15) is 24.3 Å². The molecule has 1 heterocycles. The molecule has 0 spiro atoms. The Morgan fingerprint density at radius 2 is 2.11 bits per heavy atom. The van der Waals surface area contributed by atoms with Gasteiger partial charge >= 0.3 is 0 Å². The zero-order chi connectivity index (χ0) is 13.5. The van der Waals surface area contributed by atoms with E-state index in [0.29, 0.717) is 11.6 Å². The molecule has 18 heavy (non-hydrogen) atoms. The zero-order valence-corrected chi connectivity index (χ0v) is 11.5. The molecule has 0 aromatic carbocycles. The maximum absolute atomic E-state index is 11.8. The van der Waals surface area contributed by atoms with Crippen LogP contribution in [0.15, 0.2) is 12.1 Å². The first-order chi connectivity index (χ1) is 8.58. The first-order valence-corrected chi connectivity index (χ1v) is 6.38. The van der Waals surface area contributed by atoms with Crippen LogP contribution in [0, 0.1) is 0 Å². The highest BCUT2D eigenvalue weighted by Crippen LogP contribution is 2.14. The number of amides is 1. The van der Waals surface area contributed by atoms with E-state index in [-0.39, 0.29) is 17.4 Å². The Hall–Kier alpha value is -1.33. The van der Waals surface area contributed by atoms with Crippen molar-refractivity contribution in [2.75, 3.05) is 31.9 Å². The average molecular weight is 271 g/mol. The van der Waals surface area contributed by atoms with Gasteiger partial charge in [0.1, 0.15) is 11.5 Å². The van der Waals surface area contributed by atoms with Crippen molar-refractivity contribution in [3.63, 3.8) is 0 Å². The van der Waals surface area contributed by atoms with Gasteiger partial charge in [0.05, 0.1) is 5.02 Å². The van der Waals surface area contributed by atoms with Gasteiger partial charge in [-0.05, 0) is 25.2 Å².